The monoisotopic (exact) mass is 489 g/mol. The van der Waals surface area contributed by atoms with Crippen LogP contribution >= 0.6 is 23.1 Å². The highest BCUT2D eigenvalue weighted by atomic mass is 32.2. The number of methoxy groups -OCH3 is 1. The van der Waals surface area contributed by atoms with E-state index in [2.05, 4.69) is 15.6 Å². The normalized spacial score (nSPS) is 10.5. The van der Waals surface area contributed by atoms with Crippen molar-refractivity contribution in [3.63, 3.8) is 0 Å². The average Bonchev–Trinajstić information content (AvgIpc) is 3.32. The fourth-order valence-electron chi connectivity index (χ4n) is 3.15. The van der Waals surface area contributed by atoms with Crippen LogP contribution in [-0.4, -0.2) is 29.7 Å². The first-order chi connectivity index (χ1) is 16.5. The lowest BCUT2D eigenvalue weighted by atomic mass is 10.1. The van der Waals surface area contributed by atoms with Gasteiger partial charge in [-0.2, -0.15) is 0 Å². The number of anilines is 2. The second-order valence-electron chi connectivity index (χ2n) is 7.45. The predicted molar refractivity (Wildman–Crippen MR) is 139 cm³/mol. The minimum Gasteiger partial charge on any atom is -0.497 e. The Morgan fingerprint density at radius 3 is 2.47 bits per heavy atom. The molecule has 0 radical (unpaired) electrons. The summed E-state index contributed by atoms with van der Waals surface area (Å²) in [5.41, 5.74) is 4.12. The van der Waals surface area contributed by atoms with Crippen LogP contribution in [0.4, 0.5) is 10.8 Å². The number of carbonyl (C=O) groups is 2. The van der Waals surface area contributed by atoms with E-state index < -0.39 is 0 Å². The maximum atomic E-state index is 12.4. The molecule has 0 unspecified atom stereocenters. The highest BCUT2D eigenvalue weighted by molar-refractivity contribution is 8.00. The summed E-state index contributed by atoms with van der Waals surface area (Å²) in [4.78, 5) is 30.2. The molecule has 0 bridgehead atoms. The first kappa shape index (κ1) is 23.5. The van der Waals surface area contributed by atoms with Gasteiger partial charge in [-0.1, -0.05) is 17.7 Å². The quantitative estimate of drug-likeness (QED) is 0.292. The molecule has 0 fully saturated rings. The van der Waals surface area contributed by atoms with Crippen molar-refractivity contribution in [1.29, 1.82) is 0 Å². The van der Waals surface area contributed by atoms with E-state index in [1.807, 2.05) is 79.0 Å². The molecule has 0 aliphatic heterocycles. The van der Waals surface area contributed by atoms with E-state index in [0.29, 0.717) is 16.4 Å². The van der Waals surface area contributed by atoms with Gasteiger partial charge in [-0.3, -0.25) is 9.59 Å². The number of ether oxygens (including phenoxy) is 1. The van der Waals surface area contributed by atoms with Crippen molar-refractivity contribution in [2.24, 2.45) is 0 Å². The lowest BCUT2D eigenvalue weighted by Gasteiger charge is -2.07. The molecule has 3 aromatic carbocycles. The Morgan fingerprint density at radius 2 is 1.76 bits per heavy atom. The number of amides is 2. The maximum absolute atomic E-state index is 12.4. The lowest BCUT2D eigenvalue weighted by molar-refractivity contribution is -0.113. The van der Waals surface area contributed by atoms with Gasteiger partial charge in [0.15, 0.2) is 5.13 Å². The number of thioether (sulfide) groups is 1. The number of rotatable bonds is 8. The van der Waals surface area contributed by atoms with E-state index in [1.165, 1.54) is 23.1 Å². The topological polar surface area (TPSA) is 80.3 Å². The zero-order valence-electron chi connectivity index (χ0n) is 18.7. The number of benzene rings is 3. The lowest BCUT2D eigenvalue weighted by Crippen LogP contribution is -2.13. The second kappa shape index (κ2) is 11.0. The molecule has 34 heavy (non-hydrogen) atoms. The molecular formula is C26H23N3O3S2. The van der Waals surface area contributed by atoms with Crippen molar-refractivity contribution < 1.29 is 14.3 Å². The van der Waals surface area contributed by atoms with Gasteiger partial charge >= 0.3 is 0 Å². The standard InChI is InChI=1S/C26H23N3O3S2/c1-17-4-3-5-19(14-17)25(31)27-20-8-12-22(13-9-20)33-16-24(30)29-26-28-23(15-34-26)18-6-10-21(32-2)11-7-18/h3-15H,16H2,1-2H3,(H,27,31)(H,28,29,30). The fraction of sp³-hybridized carbons (Fsp3) is 0.115. The molecule has 1 aromatic heterocycles. The first-order valence-electron chi connectivity index (χ1n) is 10.5. The minimum atomic E-state index is -0.152. The highest BCUT2D eigenvalue weighted by Gasteiger charge is 2.10. The van der Waals surface area contributed by atoms with Crippen LogP contribution in [0.5, 0.6) is 5.75 Å². The Hall–Kier alpha value is -3.62. The molecule has 0 spiro atoms. The van der Waals surface area contributed by atoms with Gasteiger partial charge in [-0.15, -0.1) is 23.1 Å². The van der Waals surface area contributed by atoms with Gasteiger partial charge in [-0.25, -0.2) is 4.98 Å². The SMILES string of the molecule is COc1ccc(-c2csc(NC(=O)CSc3ccc(NC(=O)c4cccc(C)c4)cc3)n2)cc1. The van der Waals surface area contributed by atoms with Gasteiger partial charge in [0, 0.05) is 27.1 Å². The minimum absolute atomic E-state index is 0.127. The van der Waals surface area contributed by atoms with E-state index in [0.717, 1.165) is 27.5 Å². The smallest absolute Gasteiger partial charge is 0.255 e. The van der Waals surface area contributed by atoms with Crippen LogP contribution in [0.25, 0.3) is 11.3 Å². The number of aromatic nitrogens is 1. The van der Waals surface area contributed by atoms with E-state index in [9.17, 15) is 9.59 Å². The van der Waals surface area contributed by atoms with Crippen molar-refractivity contribution in [2.75, 3.05) is 23.5 Å². The number of nitrogens with one attached hydrogen (secondary N) is 2. The zero-order valence-corrected chi connectivity index (χ0v) is 20.3. The van der Waals surface area contributed by atoms with Crippen LogP contribution in [0.1, 0.15) is 15.9 Å². The first-order valence-corrected chi connectivity index (χ1v) is 12.4. The Labute approximate surface area is 206 Å². The molecule has 1 heterocycles. The number of nitrogens with zero attached hydrogens (tertiary/aromatic N) is 1. The fourth-order valence-corrected chi connectivity index (χ4v) is 4.59. The summed E-state index contributed by atoms with van der Waals surface area (Å²) < 4.78 is 5.18. The third-order valence-electron chi connectivity index (χ3n) is 4.90. The van der Waals surface area contributed by atoms with Crippen LogP contribution in [0.3, 0.4) is 0 Å². The van der Waals surface area contributed by atoms with Gasteiger partial charge < -0.3 is 15.4 Å². The van der Waals surface area contributed by atoms with E-state index >= 15 is 0 Å². The van der Waals surface area contributed by atoms with Crippen LogP contribution in [0.15, 0.2) is 83.1 Å². The number of carbonyl (C=O) groups excluding carboxylic acids is 2. The highest BCUT2D eigenvalue weighted by Crippen LogP contribution is 2.27. The van der Waals surface area contributed by atoms with Gasteiger partial charge in [0.25, 0.3) is 5.91 Å². The van der Waals surface area contributed by atoms with Crippen LogP contribution in [0.2, 0.25) is 0 Å². The molecule has 0 saturated carbocycles. The Balaban J connectivity index is 1.27. The molecular weight excluding hydrogens is 466 g/mol. The van der Waals surface area contributed by atoms with Crippen molar-refractivity contribution in [1.82, 2.24) is 4.98 Å². The van der Waals surface area contributed by atoms with Crippen molar-refractivity contribution in [2.45, 2.75) is 11.8 Å². The number of hydrogen-bond donors (Lipinski definition) is 2. The molecule has 4 aromatic rings. The second-order valence-corrected chi connectivity index (χ2v) is 9.36. The van der Waals surface area contributed by atoms with Crippen LogP contribution in [-0.2, 0) is 4.79 Å². The Kier molecular flexibility index (Phi) is 7.61. The van der Waals surface area contributed by atoms with Crippen molar-refractivity contribution in [3.05, 3.63) is 89.3 Å². The summed E-state index contributed by atoms with van der Waals surface area (Å²) in [5.74, 6) is 0.761. The number of aryl methyl sites for hydroxylation is 1. The molecule has 8 heteroatoms. The number of hydrogen-bond acceptors (Lipinski definition) is 6. The van der Waals surface area contributed by atoms with Crippen LogP contribution < -0.4 is 15.4 Å². The molecule has 172 valence electrons. The molecule has 2 amide bonds. The van der Waals surface area contributed by atoms with Gasteiger partial charge in [0.1, 0.15) is 5.75 Å². The third kappa shape index (κ3) is 6.24. The van der Waals surface area contributed by atoms with Crippen LogP contribution in [0, 0.1) is 6.92 Å². The van der Waals surface area contributed by atoms with Gasteiger partial charge in [0.2, 0.25) is 5.91 Å². The summed E-state index contributed by atoms with van der Waals surface area (Å²) in [6.07, 6.45) is 0. The molecule has 0 aliphatic carbocycles. The van der Waals surface area contributed by atoms with E-state index in [4.69, 9.17) is 4.74 Å². The van der Waals surface area contributed by atoms with E-state index in [1.54, 1.807) is 13.2 Å². The van der Waals surface area contributed by atoms with E-state index in [-0.39, 0.29) is 17.6 Å². The summed E-state index contributed by atoms with van der Waals surface area (Å²) in [7, 11) is 1.63. The van der Waals surface area contributed by atoms with Gasteiger partial charge in [-0.05, 0) is 67.6 Å². The molecule has 0 atom stereocenters. The maximum Gasteiger partial charge on any atom is 0.255 e. The molecule has 0 aliphatic rings. The predicted octanol–water partition coefficient (Wildman–Crippen LogP) is 6.11. The molecule has 2 N–H and O–H groups in total. The Morgan fingerprint density at radius 1 is 1.00 bits per heavy atom. The van der Waals surface area contributed by atoms with Gasteiger partial charge in [0.05, 0.1) is 18.6 Å². The van der Waals surface area contributed by atoms with Crippen molar-refractivity contribution >= 4 is 45.7 Å². The molecule has 4 rings (SSSR count). The summed E-state index contributed by atoms with van der Waals surface area (Å²) in [5, 5.41) is 8.21. The summed E-state index contributed by atoms with van der Waals surface area (Å²) in [6, 6.07) is 22.5. The Bertz CT molecular complexity index is 1290. The number of thiazole rings is 1. The average molecular weight is 490 g/mol. The summed E-state index contributed by atoms with van der Waals surface area (Å²) in [6.45, 7) is 1.95. The van der Waals surface area contributed by atoms with Crippen molar-refractivity contribution in [3.8, 4) is 17.0 Å². The summed E-state index contributed by atoms with van der Waals surface area (Å²) >= 11 is 2.81. The third-order valence-corrected chi connectivity index (χ3v) is 6.67. The molecule has 0 saturated heterocycles. The zero-order chi connectivity index (χ0) is 23.9. The molecule has 6 nitrogen and oxygen atoms in total. The largest absolute Gasteiger partial charge is 0.497 e.